The normalized spacial score (nSPS) is 15.9. The molecule has 0 bridgehead atoms. The van der Waals surface area contributed by atoms with Gasteiger partial charge < -0.3 is 15.9 Å². The number of benzene rings is 1. The molecule has 102 valence electrons. The molecule has 5 heteroatoms. The van der Waals surface area contributed by atoms with Gasteiger partial charge in [-0.05, 0) is 12.5 Å². The molecule has 0 amide bonds. The van der Waals surface area contributed by atoms with E-state index in [2.05, 4.69) is 0 Å². The highest BCUT2D eigenvalue weighted by molar-refractivity contribution is 5.84. The van der Waals surface area contributed by atoms with E-state index in [1.165, 1.54) is 12.2 Å². The first-order chi connectivity index (χ1) is 8.91. The van der Waals surface area contributed by atoms with E-state index in [9.17, 15) is 14.7 Å². The number of hydrogen-bond acceptors (Lipinski definition) is 3. The van der Waals surface area contributed by atoms with Crippen molar-refractivity contribution in [3.8, 4) is 0 Å². The molecule has 4 N–H and O–H groups in total. The number of hydrogen-bond donors (Lipinski definition) is 3. The van der Waals surface area contributed by atoms with Gasteiger partial charge in [0.15, 0.2) is 0 Å². The zero-order valence-electron chi connectivity index (χ0n) is 10.6. The number of carboxylic acid groups (broad SMARTS) is 2. The third-order valence-electron chi connectivity index (χ3n) is 2.97. The van der Waals surface area contributed by atoms with Crippen LogP contribution in [-0.4, -0.2) is 27.7 Å². The predicted octanol–water partition coefficient (Wildman–Crippen LogP) is 1.60. The van der Waals surface area contributed by atoms with Crippen molar-refractivity contribution in [3.05, 3.63) is 48.0 Å². The average molecular weight is 263 g/mol. The maximum absolute atomic E-state index is 11.4. The Hall–Kier alpha value is -2.14. The lowest BCUT2D eigenvalue weighted by molar-refractivity contribution is -0.143. The molecule has 0 saturated heterocycles. The van der Waals surface area contributed by atoms with Gasteiger partial charge in [0.1, 0.15) is 5.54 Å². The van der Waals surface area contributed by atoms with Crippen LogP contribution in [0.2, 0.25) is 0 Å². The van der Waals surface area contributed by atoms with Crippen LogP contribution in [0.1, 0.15) is 24.8 Å². The molecule has 1 rings (SSSR count). The second-order valence-electron chi connectivity index (χ2n) is 4.30. The quantitative estimate of drug-likeness (QED) is 0.677. The zero-order chi connectivity index (χ0) is 14.5. The summed E-state index contributed by atoms with van der Waals surface area (Å²) in [4.78, 5) is 22.4. The van der Waals surface area contributed by atoms with E-state index in [4.69, 9.17) is 10.8 Å². The highest BCUT2D eigenvalue weighted by Gasteiger charge is 2.41. The lowest BCUT2D eigenvalue weighted by Gasteiger charge is -2.30. The van der Waals surface area contributed by atoms with Crippen molar-refractivity contribution in [2.75, 3.05) is 0 Å². The Morgan fingerprint density at radius 3 is 2.32 bits per heavy atom. The lowest BCUT2D eigenvalue weighted by atomic mass is 9.77. The van der Waals surface area contributed by atoms with Crippen LogP contribution in [0.25, 0.3) is 0 Å². The molecule has 1 aromatic rings. The Morgan fingerprint density at radius 1 is 1.32 bits per heavy atom. The van der Waals surface area contributed by atoms with Crippen molar-refractivity contribution < 1.29 is 19.8 Å². The monoisotopic (exact) mass is 263 g/mol. The number of nitrogens with two attached hydrogens (primary N) is 1. The molecule has 0 heterocycles. The molecule has 0 fully saturated rings. The standard InChI is InChI=1S/C14H17NO4/c1-2-8-14(15,13(18)19)11(9-12(16)17)10-6-4-3-5-7-10/h2-8,11H,9,15H2,1H3,(H,16,17)(H,18,19). The summed E-state index contributed by atoms with van der Waals surface area (Å²) in [6.45, 7) is 1.65. The summed E-state index contributed by atoms with van der Waals surface area (Å²) in [5, 5.41) is 18.3. The van der Waals surface area contributed by atoms with Gasteiger partial charge in [-0.3, -0.25) is 4.79 Å². The van der Waals surface area contributed by atoms with Gasteiger partial charge in [0, 0.05) is 5.92 Å². The fourth-order valence-electron chi connectivity index (χ4n) is 2.03. The van der Waals surface area contributed by atoms with E-state index in [-0.39, 0.29) is 6.42 Å². The third kappa shape index (κ3) is 3.42. The van der Waals surface area contributed by atoms with E-state index in [0.717, 1.165) is 0 Å². The number of rotatable bonds is 6. The molecule has 5 nitrogen and oxygen atoms in total. The molecule has 1 aromatic carbocycles. The molecule has 0 saturated carbocycles. The van der Waals surface area contributed by atoms with E-state index in [1.807, 2.05) is 0 Å². The second kappa shape index (κ2) is 6.15. The van der Waals surface area contributed by atoms with Crippen molar-refractivity contribution in [1.82, 2.24) is 0 Å². The highest BCUT2D eigenvalue weighted by Crippen LogP contribution is 2.31. The van der Waals surface area contributed by atoms with Gasteiger partial charge in [-0.1, -0.05) is 42.5 Å². The second-order valence-corrected chi connectivity index (χ2v) is 4.30. The molecule has 19 heavy (non-hydrogen) atoms. The van der Waals surface area contributed by atoms with E-state index in [0.29, 0.717) is 5.56 Å². The largest absolute Gasteiger partial charge is 0.481 e. The minimum absolute atomic E-state index is 0.350. The SMILES string of the molecule is CC=CC(N)(C(=O)O)C(CC(=O)O)c1ccccc1. The lowest BCUT2D eigenvalue weighted by Crippen LogP contribution is -2.51. The van der Waals surface area contributed by atoms with Gasteiger partial charge in [0.05, 0.1) is 6.42 Å². The number of carboxylic acids is 2. The van der Waals surface area contributed by atoms with Crippen LogP contribution < -0.4 is 5.73 Å². The number of allylic oxidation sites excluding steroid dienone is 1. The Morgan fingerprint density at radius 2 is 1.89 bits per heavy atom. The molecule has 2 unspecified atom stereocenters. The predicted molar refractivity (Wildman–Crippen MR) is 70.8 cm³/mol. The van der Waals surface area contributed by atoms with E-state index >= 15 is 0 Å². The molecular formula is C14H17NO4. The molecule has 0 aliphatic carbocycles. The summed E-state index contributed by atoms with van der Waals surface area (Å²) in [5.41, 5.74) is 4.78. The Labute approximate surface area is 111 Å². The molecule has 0 aliphatic heterocycles. The fraction of sp³-hybridized carbons (Fsp3) is 0.286. The summed E-state index contributed by atoms with van der Waals surface area (Å²) >= 11 is 0. The molecular weight excluding hydrogens is 246 g/mol. The van der Waals surface area contributed by atoms with E-state index < -0.39 is 23.4 Å². The van der Waals surface area contributed by atoms with Crippen molar-refractivity contribution in [2.45, 2.75) is 24.8 Å². The van der Waals surface area contributed by atoms with Crippen molar-refractivity contribution in [3.63, 3.8) is 0 Å². The third-order valence-corrected chi connectivity index (χ3v) is 2.97. The van der Waals surface area contributed by atoms with Crippen LogP contribution in [0.3, 0.4) is 0 Å². The van der Waals surface area contributed by atoms with Gasteiger partial charge in [0.2, 0.25) is 0 Å². The minimum atomic E-state index is -1.74. The maximum atomic E-state index is 11.4. The number of carbonyl (C=O) groups is 2. The Bertz CT molecular complexity index is 483. The molecule has 0 radical (unpaired) electrons. The van der Waals surface area contributed by atoms with Crippen LogP contribution in [-0.2, 0) is 9.59 Å². The van der Waals surface area contributed by atoms with Crippen molar-refractivity contribution >= 4 is 11.9 Å². The Kier molecular flexibility index (Phi) is 4.83. The van der Waals surface area contributed by atoms with Gasteiger partial charge in [0.25, 0.3) is 0 Å². The molecule has 0 aromatic heterocycles. The Balaban J connectivity index is 3.30. The van der Waals surface area contributed by atoms with Crippen LogP contribution in [0.15, 0.2) is 42.5 Å². The first-order valence-corrected chi connectivity index (χ1v) is 5.84. The van der Waals surface area contributed by atoms with Crippen LogP contribution in [0, 0.1) is 0 Å². The van der Waals surface area contributed by atoms with E-state index in [1.54, 1.807) is 37.3 Å². The van der Waals surface area contributed by atoms with Crippen LogP contribution in [0.4, 0.5) is 0 Å². The maximum Gasteiger partial charge on any atom is 0.328 e. The van der Waals surface area contributed by atoms with Gasteiger partial charge >= 0.3 is 11.9 Å². The fourth-order valence-corrected chi connectivity index (χ4v) is 2.03. The average Bonchev–Trinajstić information content (AvgIpc) is 2.36. The first-order valence-electron chi connectivity index (χ1n) is 5.84. The smallest absolute Gasteiger partial charge is 0.328 e. The highest BCUT2D eigenvalue weighted by atomic mass is 16.4. The molecule has 0 aliphatic rings. The van der Waals surface area contributed by atoms with Gasteiger partial charge in [-0.2, -0.15) is 0 Å². The topological polar surface area (TPSA) is 101 Å². The van der Waals surface area contributed by atoms with Gasteiger partial charge in [-0.25, -0.2) is 4.79 Å². The summed E-state index contributed by atoms with van der Waals surface area (Å²) in [6, 6.07) is 8.59. The minimum Gasteiger partial charge on any atom is -0.481 e. The first kappa shape index (κ1) is 14.9. The summed E-state index contributed by atoms with van der Waals surface area (Å²) < 4.78 is 0. The summed E-state index contributed by atoms with van der Waals surface area (Å²) in [7, 11) is 0. The van der Waals surface area contributed by atoms with Crippen LogP contribution >= 0.6 is 0 Å². The van der Waals surface area contributed by atoms with Gasteiger partial charge in [-0.15, -0.1) is 0 Å². The number of aliphatic carboxylic acids is 2. The van der Waals surface area contributed by atoms with Crippen molar-refractivity contribution in [1.29, 1.82) is 0 Å². The summed E-state index contributed by atoms with van der Waals surface area (Å²) in [6.07, 6.45) is 2.50. The zero-order valence-corrected chi connectivity index (χ0v) is 10.6. The molecule has 0 spiro atoms. The van der Waals surface area contributed by atoms with Crippen LogP contribution in [0.5, 0.6) is 0 Å². The molecule has 2 atom stereocenters. The van der Waals surface area contributed by atoms with Crippen molar-refractivity contribution in [2.24, 2.45) is 5.73 Å². The summed E-state index contributed by atoms with van der Waals surface area (Å²) in [5.74, 6) is -3.17.